The molecule has 0 heterocycles. The van der Waals surface area contributed by atoms with E-state index in [2.05, 4.69) is 242 Å². The highest BCUT2D eigenvalue weighted by Gasteiger charge is 2.36. The van der Waals surface area contributed by atoms with Gasteiger partial charge in [0.25, 0.3) is 0 Å². The third kappa shape index (κ3) is 5.71. The van der Waals surface area contributed by atoms with Gasteiger partial charge >= 0.3 is 0 Å². The number of para-hydroxylation sites is 3. The van der Waals surface area contributed by atoms with Gasteiger partial charge in [-0.1, -0.05) is 159 Å². The molecule has 0 aliphatic heterocycles. The molecule has 1 aliphatic rings. The van der Waals surface area contributed by atoms with E-state index in [9.17, 15) is 0 Å². The van der Waals surface area contributed by atoms with E-state index < -0.39 is 0 Å². The number of hydrogen-bond acceptors (Lipinski definition) is 2. The Morgan fingerprint density at radius 2 is 0.881 bits per heavy atom. The molecule has 0 fully saturated rings. The zero-order chi connectivity index (χ0) is 39.5. The van der Waals surface area contributed by atoms with Gasteiger partial charge in [0.1, 0.15) is 0 Å². The Balaban J connectivity index is 1.28. The fourth-order valence-corrected chi connectivity index (χ4v) is 9.60. The van der Waals surface area contributed by atoms with E-state index in [4.69, 9.17) is 0 Å². The molecule has 0 atom stereocenters. The maximum absolute atomic E-state index is 2.52. The molecule has 2 heteroatoms. The SMILES string of the molecule is CC1(C)c2ccccc2-c2cc3cc(N(c4ccccc4)c4ccccc4)cc(N(c4ccccc4)c4cccc5c4c(-c4ccccc4)cc4ccccc45)c3cc21. The fraction of sp³-hybridized carbons (Fsp3) is 0.0526. The van der Waals surface area contributed by atoms with Crippen molar-refractivity contribution < 1.29 is 0 Å². The number of nitrogens with zero attached hydrogens (tertiary/aromatic N) is 2. The van der Waals surface area contributed by atoms with Crippen molar-refractivity contribution in [1.29, 1.82) is 0 Å². The molecular weight excluding hydrogens is 713 g/mol. The molecule has 0 unspecified atom stereocenters. The molecule has 10 aromatic carbocycles. The molecule has 10 aromatic rings. The highest BCUT2D eigenvalue weighted by Crippen LogP contribution is 2.53. The van der Waals surface area contributed by atoms with Crippen molar-refractivity contribution in [2.24, 2.45) is 0 Å². The van der Waals surface area contributed by atoms with Gasteiger partial charge in [-0.3, -0.25) is 0 Å². The standard InChI is InChI=1S/C57H42N2/c1-57(2)52-32-18-17-30-47(52)51-36-41-34-45(58(42-23-9-4-10-24-42)43-25-11-5-12-26-43)37-55(49(41)38-53(51)57)59(44-27-13-6-14-28-44)54-33-19-31-48-46-29-16-15-22-40(46)35-50(56(48)54)39-20-7-3-8-21-39/h3-38H,1-2H3. The number of rotatable bonds is 7. The minimum absolute atomic E-state index is 0.160. The predicted octanol–water partition coefficient (Wildman–Crippen LogP) is 16.1. The molecular formula is C57H42N2. The first-order chi connectivity index (χ1) is 29.0. The molecule has 0 amide bonds. The van der Waals surface area contributed by atoms with Crippen LogP contribution in [0.15, 0.2) is 218 Å². The van der Waals surface area contributed by atoms with Crippen LogP contribution in [0.25, 0.3) is 54.6 Å². The lowest BCUT2D eigenvalue weighted by Gasteiger charge is -2.32. The fourth-order valence-electron chi connectivity index (χ4n) is 9.60. The minimum atomic E-state index is -0.160. The minimum Gasteiger partial charge on any atom is -0.310 e. The number of benzene rings is 10. The van der Waals surface area contributed by atoms with Crippen molar-refractivity contribution in [3.8, 4) is 22.3 Å². The Hall–Kier alpha value is -7.42. The third-order valence-electron chi connectivity index (χ3n) is 12.3. The average Bonchev–Trinajstić information content (AvgIpc) is 3.52. The van der Waals surface area contributed by atoms with E-state index in [0.29, 0.717) is 0 Å². The summed E-state index contributed by atoms with van der Waals surface area (Å²) in [4.78, 5) is 4.91. The van der Waals surface area contributed by atoms with Gasteiger partial charge in [0.15, 0.2) is 0 Å². The molecule has 0 bridgehead atoms. The quantitative estimate of drug-likeness (QED) is 0.150. The molecule has 11 rings (SSSR count). The van der Waals surface area contributed by atoms with Gasteiger partial charge in [0.05, 0.1) is 11.4 Å². The van der Waals surface area contributed by atoms with Gasteiger partial charge in [-0.25, -0.2) is 0 Å². The van der Waals surface area contributed by atoms with Crippen molar-refractivity contribution in [2.75, 3.05) is 9.80 Å². The van der Waals surface area contributed by atoms with Crippen LogP contribution >= 0.6 is 0 Å². The van der Waals surface area contributed by atoms with E-state index in [0.717, 1.165) is 34.1 Å². The van der Waals surface area contributed by atoms with Crippen molar-refractivity contribution in [1.82, 2.24) is 0 Å². The van der Waals surface area contributed by atoms with E-state index in [1.54, 1.807) is 0 Å². The summed E-state index contributed by atoms with van der Waals surface area (Å²) >= 11 is 0. The number of anilines is 6. The van der Waals surface area contributed by atoms with Gasteiger partial charge < -0.3 is 9.80 Å². The zero-order valence-corrected chi connectivity index (χ0v) is 33.2. The highest BCUT2D eigenvalue weighted by molar-refractivity contribution is 6.20. The Bertz CT molecular complexity index is 3130. The van der Waals surface area contributed by atoms with Crippen molar-refractivity contribution in [2.45, 2.75) is 19.3 Å². The molecule has 0 saturated heterocycles. The number of hydrogen-bond donors (Lipinski definition) is 0. The van der Waals surface area contributed by atoms with Gasteiger partial charge in [-0.2, -0.15) is 0 Å². The van der Waals surface area contributed by atoms with Crippen LogP contribution < -0.4 is 9.80 Å². The molecule has 0 spiro atoms. The zero-order valence-electron chi connectivity index (χ0n) is 33.2. The monoisotopic (exact) mass is 754 g/mol. The molecule has 1 aliphatic carbocycles. The van der Waals surface area contributed by atoms with E-state index >= 15 is 0 Å². The largest absolute Gasteiger partial charge is 0.310 e. The second-order valence-electron chi connectivity index (χ2n) is 16.1. The Morgan fingerprint density at radius 1 is 0.322 bits per heavy atom. The van der Waals surface area contributed by atoms with Crippen molar-refractivity contribution in [3.05, 3.63) is 230 Å². The van der Waals surface area contributed by atoms with Gasteiger partial charge in [-0.15, -0.1) is 0 Å². The summed E-state index contributed by atoms with van der Waals surface area (Å²) in [5, 5.41) is 7.32. The highest BCUT2D eigenvalue weighted by atomic mass is 15.2. The average molecular weight is 755 g/mol. The van der Waals surface area contributed by atoms with Crippen LogP contribution in [0.1, 0.15) is 25.0 Å². The van der Waals surface area contributed by atoms with E-state index in [-0.39, 0.29) is 5.41 Å². The summed E-state index contributed by atoms with van der Waals surface area (Å²) in [5.74, 6) is 0. The second-order valence-corrected chi connectivity index (χ2v) is 16.1. The predicted molar refractivity (Wildman–Crippen MR) is 251 cm³/mol. The summed E-state index contributed by atoms with van der Waals surface area (Å²) in [6.07, 6.45) is 0. The number of fused-ring (bicyclic) bond motifs is 7. The lowest BCUT2D eigenvalue weighted by atomic mass is 9.81. The Kier molecular flexibility index (Phi) is 8.20. The maximum atomic E-state index is 2.52. The first kappa shape index (κ1) is 34.8. The van der Waals surface area contributed by atoms with E-state index in [1.165, 1.54) is 65.7 Å². The summed E-state index contributed by atoms with van der Waals surface area (Å²) in [6.45, 7) is 4.75. The topological polar surface area (TPSA) is 6.48 Å². The van der Waals surface area contributed by atoms with Crippen molar-refractivity contribution >= 4 is 66.4 Å². The van der Waals surface area contributed by atoms with Crippen LogP contribution in [0.2, 0.25) is 0 Å². The Labute approximate surface area is 345 Å². The summed E-state index contributed by atoms with van der Waals surface area (Å²) in [6, 6.07) is 80.0. The molecule has 2 nitrogen and oxygen atoms in total. The summed E-state index contributed by atoms with van der Waals surface area (Å²) in [5.41, 5.74) is 14.2. The molecule has 0 radical (unpaired) electrons. The smallest absolute Gasteiger partial charge is 0.0561 e. The van der Waals surface area contributed by atoms with Crippen LogP contribution in [-0.2, 0) is 5.41 Å². The van der Waals surface area contributed by atoms with Crippen LogP contribution in [0.5, 0.6) is 0 Å². The van der Waals surface area contributed by atoms with Crippen molar-refractivity contribution in [3.63, 3.8) is 0 Å². The van der Waals surface area contributed by atoms with Crippen LogP contribution in [0, 0.1) is 0 Å². The maximum Gasteiger partial charge on any atom is 0.0561 e. The summed E-state index contributed by atoms with van der Waals surface area (Å²) < 4.78 is 0. The molecule has 0 saturated carbocycles. The molecule has 59 heavy (non-hydrogen) atoms. The Morgan fingerprint density at radius 3 is 1.58 bits per heavy atom. The molecule has 280 valence electrons. The van der Waals surface area contributed by atoms with Crippen LogP contribution in [0.3, 0.4) is 0 Å². The third-order valence-corrected chi connectivity index (χ3v) is 12.3. The molecule has 0 aromatic heterocycles. The lowest BCUT2D eigenvalue weighted by Crippen LogP contribution is -2.16. The lowest BCUT2D eigenvalue weighted by molar-refractivity contribution is 0.661. The molecule has 0 N–H and O–H groups in total. The van der Waals surface area contributed by atoms with E-state index in [1.807, 2.05) is 0 Å². The van der Waals surface area contributed by atoms with Crippen LogP contribution in [0.4, 0.5) is 34.1 Å². The van der Waals surface area contributed by atoms with Gasteiger partial charge in [0.2, 0.25) is 0 Å². The van der Waals surface area contributed by atoms with Gasteiger partial charge in [0, 0.05) is 38.9 Å². The van der Waals surface area contributed by atoms with Crippen LogP contribution in [-0.4, -0.2) is 0 Å². The second kappa shape index (κ2) is 13.9. The first-order valence-corrected chi connectivity index (χ1v) is 20.5. The summed E-state index contributed by atoms with van der Waals surface area (Å²) in [7, 11) is 0. The first-order valence-electron chi connectivity index (χ1n) is 20.5. The normalized spacial score (nSPS) is 12.7. The van der Waals surface area contributed by atoms with Gasteiger partial charge in [-0.05, 0) is 128 Å².